The van der Waals surface area contributed by atoms with Gasteiger partial charge in [-0.05, 0) is 64.9 Å². The van der Waals surface area contributed by atoms with Gasteiger partial charge < -0.3 is 20.1 Å². The maximum absolute atomic E-state index is 13.4. The third-order valence-electron chi connectivity index (χ3n) is 6.69. The third-order valence-corrected chi connectivity index (χ3v) is 6.69. The minimum atomic E-state index is -0.246. The number of ether oxygens (including phenoxy) is 2. The number of rotatable bonds is 4. The first-order valence-corrected chi connectivity index (χ1v) is 11.6. The minimum absolute atomic E-state index is 0.0824. The first-order valence-electron chi connectivity index (χ1n) is 11.6. The van der Waals surface area contributed by atoms with Gasteiger partial charge in [0.1, 0.15) is 11.5 Å². The van der Waals surface area contributed by atoms with E-state index in [-0.39, 0.29) is 17.2 Å². The van der Waals surface area contributed by atoms with E-state index in [0.717, 1.165) is 57.3 Å². The maximum Gasteiger partial charge on any atom is 0.163 e. The molecule has 0 amide bonds. The number of fused-ring (bicyclic) bond motifs is 1. The van der Waals surface area contributed by atoms with Crippen LogP contribution in [0.1, 0.15) is 38.3 Å². The molecule has 0 aromatic heterocycles. The van der Waals surface area contributed by atoms with Crippen LogP contribution in [0.5, 0.6) is 11.5 Å². The van der Waals surface area contributed by atoms with Crippen molar-refractivity contribution in [3.8, 4) is 22.6 Å². The summed E-state index contributed by atoms with van der Waals surface area (Å²) in [5, 5.41) is 7.31. The minimum Gasteiger partial charge on any atom is -0.497 e. The average Bonchev–Trinajstić information content (AvgIpc) is 2.99. The lowest BCUT2D eigenvalue weighted by atomic mass is 9.73. The van der Waals surface area contributed by atoms with E-state index >= 15 is 0 Å². The van der Waals surface area contributed by atoms with Crippen LogP contribution in [0.15, 0.2) is 78.0 Å². The number of anilines is 2. The maximum atomic E-state index is 13.4. The Bertz CT molecular complexity index is 1260. The highest BCUT2D eigenvalue weighted by atomic mass is 16.5. The summed E-state index contributed by atoms with van der Waals surface area (Å²) in [6.07, 6.45) is 1.36. The molecule has 1 atom stereocenters. The van der Waals surface area contributed by atoms with Crippen molar-refractivity contribution in [1.29, 1.82) is 0 Å². The van der Waals surface area contributed by atoms with Gasteiger partial charge in [-0.15, -0.1) is 0 Å². The number of allylic oxidation sites excluding steroid dienone is 1. The lowest BCUT2D eigenvalue weighted by Gasteiger charge is -2.34. The summed E-state index contributed by atoms with van der Waals surface area (Å²) in [5.74, 6) is 1.81. The zero-order valence-electron chi connectivity index (χ0n) is 20.1. The number of Topliss-reactive ketones (excluding diaryl/α,β-unsaturated/α-hetero) is 1. The molecule has 1 unspecified atom stereocenters. The Morgan fingerprint density at radius 1 is 0.794 bits per heavy atom. The zero-order chi connectivity index (χ0) is 23.9. The predicted octanol–water partition coefficient (Wildman–Crippen LogP) is 6.59. The number of ketones is 1. The number of carbonyl (C=O) groups is 1. The Hall–Kier alpha value is -3.73. The number of carbonyl (C=O) groups excluding carboxylic acids is 1. The molecule has 0 bridgehead atoms. The Morgan fingerprint density at radius 3 is 2.06 bits per heavy atom. The summed E-state index contributed by atoms with van der Waals surface area (Å²) in [6, 6.07) is 22.1. The van der Waals surface area contributed by atoms with Crippen LogP contribution in [0, 0.1) is 5.41 Å². The second-order valence-corrected chi connectivity index (χ2v) is 9.80. The van der Waals surface area contributed by atoms with Crippen LogP contribution in [-0.4, -0.2) is 20.0 Å². The van der Waals surface area contributed by atoms with Crippen molar-refractivity contribution >= 4 is 17.2 Å². The smallest absolute Gasteiger partial charge is 0.163 e. The van der Waals surface area contributed by atoms with Gasteiger partial charge in [-0.25, -0.2) is 0 Å². The summed E-state index contributed by atoms with van der Waals surface area (Å²) in [6.45, 7) is 4.31. The van der Waals surface area contributed by atoms with Crippen molar-refractivity contribution in [1.82, 2.24) is 0 Å². The largest absolute Gasteiger partial charge is 0.497 e. The second-order valence-electron chi connectivity index (χ2n) is 9.80. The molecule has 1 aliphatic carbocycles. The van der Waals surface area contributed by atoms with E-state index in [2.05, 4.69) is 54.8 Å². The molecule has 34 heavy (non-hydrogen) atoms. The Morgan fingerprint density at radius 2 is 1.41 bits per heavy atom. The molecule has 2 N–H and O–H groups in total. The van der Waals surface area contributed by atoms with Crippen molar-refractivity contribution < 1.29 is 14.3 Å². The number of nitrogens with one attached hydrogen (secondary N) is 2. The van der Waals surface area contributed by atoms with E-state index in [1.54, 1.807) is 14.2 Å². The van der Waals surface area contributed by atoms with Crippen LogP contribution in [0.3, 0.4) is 0 Å². The van der Waals surface area contributed by atoms with Gasteiger partial charge in [0, 0.05) is 17.7 Å². The molecule has 0 saturated heterocycles. The topological polar surface area (TPSA) is 59.6 Å². The first kappa shape index (κ1) is 22.1. The Balaban J connectivity index is 1.59. The summed E-state index contributed by atoms with van der Waals surface area (Å²) >= 11 is 0. The van der Waals surface area contributed by atoms with E-state index in [0.29, 0.717) is 6.42 Å². The summed E-state index contributed by atoms with van der Waals surface area (Å²) < 4.78 is 10.7. The molecule has 5 heteroatoms. The molecule has 0 radical (unpaired) electrons. The lowest BCUT2D eigenvalue weighted by molar-refractivity contribution is -0.118. The molecule has 0 fully saturated rings. The molecule has 2 aliphatic rings. The van der Waals surface area contributed by atoms with Gasteiger partial charge in [-0.1, -0.05) is 44.2 Å². The van der Waals surface area contributed by atoms with E-state index in [1.807, 2.05) is 36.4 Å². The lowest BCUT2D eigenvalue weighted by Crippen LogP contribution is -2.31. The van der Waals surface area contributed by atoms with Gasteiger partial charge in [-0.2, -0.15) is 0 Å². The van der Waals surface area contributed by atoms with Crippen LogP contribution >= 0.6 is 0 Å². The van der Waals surface area contributed by atoms with Crippen molar-refractivity contribution in [2.75, 3.05) is 24.9 Å². The Labute approximate surface area is 200 Å². The predicted molar refractivity (Wildman–Crippen MR) is 136 cm³/mol. The molecule has 0 spiro atoms. The van der Waals surface area contributed by atoms with Gasteiger partial charge in [0.25, 0.3) is 0 Å². The highest BCUT2D eigenvalue weighted by Gasteiger charge is 2.38. The summed E-state index contributed by atoms with van der Waals surface area (Å²) in [7, 11) is 3.33. The molecule has 0 saturated carbocycles. The van der Waals surface area contributed by atoms with Gasteiger partial charge >= 0.3 is 0 Å². The molecule has 1 heterocycles. The van der Waals surface area contributed by atoms with Crippen molar-refractivity contribution in [3.05, 3.63) is 83.6 Å². The molecule has 174 valence electrons. The molecule has 5 rings (SSSR count). The SMILES string of the molecule is COc1ccc(-c2ccc3c(c2)NC(c2ccc(OC)cc2)C2=C(CC(C)(C)CC2=O)N3)cc1. The molecule has 3 aromatic rings. The number of benzene rings is 3. The van der Waals surface area contributed by atoms with Crippen LogP contribution in [0.25, 0.3) is 11.1 Å². The quantitative estimate of drug-likeness (QED) is 0.466. The standard InChI is InChI=1S/C29H30N2O3/c1-29(2)16-25-27(26(32)17-29)28(19-7-12-22(34-4)13-8-19)31-24-15-20(9-14-23(24)30-25)18-5-10-21(33-3)11-6-18/h5-15,28,30-31H,16-17H2,1-4H3. The van der Waals surface area contributed by atoms with Crippen molar-refractivity contribution in [2.24, 2.45) is 5.41 Å². The van der Waals surface area contributed by atoms with E-state index in [4.69, 9.17) is 9.47 Å². The molecular formula is C29H30N2O3. The highest BCUT2D eigenvalue weighted by Crippen LogP contribution is 2.46. The zero-order valence-corrected chi connectivity index (χ0v) is 20.1. The van der Waals surface area contributed by atoms with E-state index in [1.165, 1.54) is 0 Å². The average molecular weight is 455 g/mol. The second kappa shape index (κ2) is 8.56. The van der Waals surface area contributed by atoms with Gasteiger partial charge in [0.2, 0.25) is 0 Å². The fourth-order valence-electron chi connectivity index (χ4n) is 4.95. The first-order chi connectivity index (χ1) is 16.4. The van der Waals surface area contributed by atoms with Crippen LogP contribution in [0.2, 0.25) is 0 Å². The van der Waals surface area contributed by atoms with Crippen LogP contribution < -0.4 is 20.1 Å². The number of methoxy groups -OCH3 is 2. The number of hydrogen-bond acceptors (Lipinski definition) is 5. The molecular weight excluding hydrogens is 424 g/mol. The highest BCUT2D eigenvalue weighted by molar-refractivity contribution is 6.01. The molecule has 3 aromatic carbocycles. The van der Waals surface area contributed by atoms with Crippen LogP contribution in [-0.2, 0) is 4.79 Å². The van der Waals surface area contributed by atoms with Gasteiger partial charge in [-0.3, -0.25) is 4.79 Å². The van der Waals surface area contributed by atoms with E-state index < -0.39 is 0 Å². The summed E-state index contributed by atoms with van der Waals surface area (Å²) in [4.78, 5) is 13.4. The van der Waals surface area contributed by atoms with Crippen LogP contribution in [0.4, 0.5) is 11.4 Å². The normalized spacial score (nSPS) is 18.7. The fraction of sp³-hybridized carbons (Fsp3) is 0.276. The Kier molecular flexibility index (Phi) is 5.56. The van der Waals surface area contributed by atoms with Crippen molar-refractivity contribution in [2.45, 2.75) is 32.7 Å². The third kappa shape index (κ3) is 4.14. The summed E-state index contributed by atoms with van der Waals surface area (Å²) in [5.41, 5.74) is 6.92. The monoisotopic (exact) mass is 454 g/mol. The van der Waals surface area contributed by atoms with Gasteiger partial charge in [0.05, 0.1) is 31.6 Å². The van der Waals surface area contributed by atoms with Crippen molar-refractivity contribution in [3.63, 3.8) is 0 Å². The fourth-order valence-corrected chi connectivity index (χ4v) is 4.95. The molecule has 1 aliphatic heterocycles. The van der Waals surface area contributed by atoms with Gasteiger partial charge in [0.15, 0.2) is 5.78 Å². The molecule has 5 nitrogen and oxygen atoms in total. The number of hydrogen-bond donors (Lipinski definition) is 2. The van der Waals surface area contributed by atoms with E-state index in [9.17, 15) is 4.79 Å².